The Morgan fingerprint density at radius 2 is 1.39 bits per heavy atom. The van der Waals surface area contributed by atoms with Crippen molar-refractivity contribution in [2.24, 2.45) is 0 Å². The van der Waals surface area contributed by atoms with E-state index in [2.05, 4.69) is 21.2 Å². The van der Waals surface area contributed by atoms with Gasteiger partial charge in [-0.05, 0) is 28.8 Å². The summed E-state index contributed by atoms with van der Waals surface area (Å²) in [6.07, 6.45) is 0. The lowest BCUT2D eigenvalue weighted by molar-refractivity contribution is -0.150. The summed E-state index contributed by atoms with van der Waals surface area (Å²) in [5.74, 6) is -0.283. The molecule has 0 aliphatic carbocycles. The Morgan fingerprint density at radius 3 is 2.04 bits per heavy atom. The largest absolute Gasteiger partial charge is 0.338 e. The van der Waals surface area contributed by atoms with E-state index >= 15 is 0 Å². The Balaban J connectivity index is 1.73. The maximum atomic E-state index is 13.4. The van der Waals surface area contributed by atoms with E-state index < -0.39 is 12.1 Å². The summed E-state index contributed by atoms with van der Waals surface area (Å²) >= 11 is 3.42. The number of benzene rings is 3. The number of halogens is 1. The van der Waals surface area contributed by atoms with Crippen molar-refractivity contribution in [2.45, 2.75) is 18.6 Å². The van der Waals surface area contributed by atoms with E-state index in [0.717, 1.165) is 21.2 Å². The Bertz CT molecular complexity index is 975. The molecule has 28 heavy (non-hydrogen) atoms. The van der Waals surface area contributed by atoms with E-state index in [9.17, 15) is 9.59 Å². The minimum atomic E-state index is -0.677. The highest BCUT2D eigenvalue weighted by Gasteiger charge is 2.41. The molecule has 0 radical (unpaired) electrons. The van der Waals surface area contributed by atoms with Crippen LogP contribution >= 0.6 is 15.9 Å². The fourth-order valence-electron chi connectivity index (χ4n) is 3.51. The van der Waals surface area contributed by atoms with Crippen LogP contribution in [0.15, 0.2) is 89.4 Å². The summed E-state index contributed by atoms with van der Waals surface area (Å²) in [6.45, 7) is 0.372. The van der Waals surface area contributed by atoms with Crippen molar-refractivity contribution in [3.05, 3.63) is 106 Å². The van der Waals surface area contributed by atoms with Gasteiger partial charge in [0.25, 0.3) is 5.91 Å². The van der Waals surface area contributed by atoms with Gasteiger partial charge >= 0.3 is 0 Å². The topological polar surface area (TPSA) is 49.4 Å². The molecule has 1 saturated heterocycles. The van der Waals surface area contributed by atoms with Crippen molar-refractivity contribution in [3.8, 4) is 0 Å². The predicted octanol–water partition coefficient (Wildman–Crippen LogP) is 4.39. The first-order valence-electron chi connectivity index (χ1n) is 9.08. The molecule has 0 aromatic heterocycles. The molecule has 2 atom stereocenters. The minimum absolute atomic E-state index is 0.109. The highest BCUT2D eigenvalue weighted by Crippen LogP contribution is 2.32. The van der Waals surface area contributed by atoms with Gasteiger partial charge in [0.15, 0.2) is 0 Å². The van der Waals surface area contributed by atoms with Gasteiger partial charge in [0.05, 0.1) is 0 Å². The van der Waals surface area contributed by atoms with Crippen LogP contribution in [-0.2, 0) is 16.1 Å². The highest BCUT2D eigenvalue weighted by molar-refractivity contribution is 9.10. The summed E-state index contributed by atoms with van der Waals surface area (Å²) < 4.78 is 0.926. The Morgan fingerprint density at radius 1 is 0.786 bits per heavy atom. The van der Waals surface area contributed by atoms with Crippen molar-refractivity contribution in [2.75, 3.05) is 0 Å². The Hall–Kier alpha value is -2.92. The van der Waals surface area contributed by atoms with Crippen LogP contribution in [0, 0.1) is 0 Å². The van der Waals surface area contributed by atoms with E-state index in [-0.39, 0.29) is 11.8 Å². The Kier molecular flexibility index (Phi) is 5.26. The van der Waals surface area contributed by atoms with E-state index in [1.54, 1.807) is 4.90 Å². The average molecular weight is 435 g/mol. The van der Waals surface area contributed by atoms with Gasteiger partial charge in [0.2, 0.25) is 5.91 Å². The normalized spacial score (nSPS) is 19.4. The molecule has 0 bridgehead atoms. The molecule has 2 amide bonds. The molecule has 2 unspecified atom stereocenters. The smallest absolute Gasteiger partial charge is 0.251 e. The summed E-state index contributed by atoms with van der Waals surface area (Å²) in [4.78, 5) is 28.2. The standard InChI is InChI=1S/C23H19BrN2O2/c24-19-13-11-18(12-14-19)21-22(27)25-20(17-9-5-2-6-10-17)23(28)26(21)15-16-7-3-1-4-8-16/h1-14,20-21H,15H2,(H,25,27). The molecular formula is C23H19BrN2O2. The number of hydrogen-bond donors (Lipinski definition) is 1. The van der Waals surface area contributed by atoms with E-state index in [1.807, 2.05) is 84.9 Å². The molecule has 4 nitrogen and oxygen atoms in total. The Labute approximate surface area is 172 Å². The number of nitrogens with one attached hydrogen (secondary N) is 1. The van der Waals surface area contributed by atoms with Crippen molar-refractivity contribution >= 4 is 27.7 Å². The van der Waals surface area contributed by atoms with Gasteiger partial charge in [-0.3, -0.25) is 9.59 Å². The molecule has 3 aromatic carbocycles. The third kappa shape index (κ3) is 3.71. The molecule has 0 saturated carbocycles. The van der Waals surface area contributed by atoms with Gasteiger partial charge < -0.3 is 10.2 Å². The molecule has 1 aliphatic rings. The average Bonchev–Trinajstić information content (AvgIpc) is 2.73. The lowest BCUT2D eigenvalue weighted by Crippen LogP contribution is -2.54. The minimum Gasteiger partial charge on any atom is -0.338 e. The van der Waals surface area contributed by atoms with E-state index in [1.165, 1.54) is 0 Å². The molecule has 0 spiro atoms. The van der Waals surface area contributed by atoms with Crippen LogP contribution in [0.5, 0.6) is 0 Å². The van der Waals surface area contributed by atoms with Crippen LogP contribution < -0.4 is 5.32 Å². The molecule has 1 heterocycles. The van der Waals surface area contributed by atoms with Crippen LogP contribution in [-0.4, -0.2) is 16.7 Å². The molecular weight excluding hydrogens is 416 g/mol. The third-order valence-corrected chi connectivity index (χ3v) is 5.42. The number of piperazine rings is 1. The van der Waals surface area contributed by atoms with Gasteiger partial charge in [-0.1, -0.05) is 88.7 Å². The molecule has 1 fully saturated rings. The van der Waals surface area contributed by atoms with Crippen molar-refractivity contribution in [1.29, 1.82) is 0 Å². The molecule has 1 N–H and O–H groups in total. The number of nitrogens with zero attached hydrogens (tertiary/aromatic N) is 1. The molecule has 1 aliphatic heterocycles. The first-order chi connectivity index (χ1) is 13.6. The van der Waals surface area contributed by atoms with Crippen molar-refractivity contribution < 1.29 is 9.59 Å². The molecule has 3 aromatic rings. The number of rotatable bonds is 4. The van der Waals surface area contributed by atoms with Crippen LogP contribution in [0.25, 0.3) is 0 Å². The summed E-state index contributed by atoms with van der Waals surface area (Å²) in [5, 5.41) is 2.92. The first-order valence-corrected chi connectivity index (χ1v) is 9.88. The zero-order chi connectivity index (χ0) is 19.5. The van der Waals surface area contributed by atoms with Crippen LogP contribution in [0.4, 0.5) is 0 Å². The molecule has 5 heteroatoms. The number of carbonyl (C=O) groups excluding carboxylic acids is 2. The summed E-state index contributed by atoms with van der Waals surface area (Å²) in [6, 6.07) is 25.3. The van der Waals surface area contributed by atoms with E-state index in [0.29, 0.717) is 6.54 Å². The predicted molar refractivity (Wildman–Crippen MR) is 111 cm³/mol. The summed E-state index contributed by atoms with van der Waals surface area (Å²) in [7, 11) is 0. The zero-order valence-corrected chi connectivity index (χ0v) is 16.7. The number of carbonyl (C=O) groups is 2. The summed E-state index contributed by atoms with van der Waals surface area (Å²) in [5.41, 5.74) is 2.56. The number of hydrogen-bond acceptors (Lipinski definition) is 2. The monoisotopic (exact) mass is 434 g/mol. The molecule has 4 rings (SSSR count). The van der Waals surface area contributed by atoms with Gasteiger partial charge in [-0.15, -0.1) is 0 Å². The quantitative estimate of drug-likeness (QED) is 0.661. The highest BCUT2D eigenvalue weighted by atomic mass is 79.9. The third-order valence-electron chi connectivity index (χ3n) is 4.89. The zero-order valence-electron chi connectivity index (χ0n) is 15.1. The van der Waals surface area contributed by atoms with Crippen LogP contribution in [0.1, 0.15) is 28.8 Å². The van der Waals surface area contributed by atoms with Crippen LogP contribution in [0.2, 0.25) is 0 Å². The van der Waals surface area contributed by atoms with Crippen molar-refractivity contribution in [1.82, 2.24) is 10.2 Å². The fraction of sp³-hybridized carbons (Fsp3) is 0.130. The van der Waals surface area contributed by atoms with Gasteiger partial charge in [-0.25, -0.2) is 0 Å². The maximum absolute atomic E-state index is 13.4. The second-order valence-corrected chi connectivity index (χ2v) is 7.67. The number of amides is 2. The van der Waals surface area contributed by atoms with Gasteiger partial charge in [0, 0.05) is 11.0 Å². The van der Waals surface area contributed by atoms with E-state index in [4.69, 9.17) is 0 Å². The lowest BCUT2D eigenvalue weighted by Gasteiger charge is -2.39. The first kappa shape index (κ1) is 18.4. The second-order valence-electron chi connectivity index (χ2n) is 6.76. The van der Waals surface area contributed by atoms with Gasteiger partial charge in [-0.2, -0.15) is 0 Å². The SMILES string of the molecule is O=C1NC(c2ccccc2)C(=O)N(Cc2ccccc2)C1c1ccc(Br)cc1. The second kappa shape index (κ2) is 7.98. The fourth-order valence-corrected chi connectivity index (χ4v) is 3.78. The lowest BCUT2D eigenvalue weighted by atomic mass is 9.95. The van der Waals surface area contributed by atoms with Gasteiger partial charge in [0.1, 0.15) is 12.1 Å². The molecule has 140 valence electrons. The maximum Gasteiger partial charge on any atom is 0.251 e. The van der Waals surface area contributed by atoms with Crippen molar-refractivity contribution in [3.63, 3.8) is 0 Å². The van der Waals surface area contributed by atoms with Crippen LogP contribution in [0.3, 0.4) is 0 Å².